The minimum Gasteiger partial charge on any atom is -0.481 e. The van der Waals surface area contributed by atoms with Gasteiger partial charge in [-0.05, 0) is 37.8 Å². The highest BCUT2D eigenvalue weighted by Crippen LogP contribution is 2.44. The normalized spacial score (nSPS) is 18.5. The Morgan fingerprint density at radius 2 is 2.31 bits per heavy atom. The molecule has 70 valence electrons. The van der Waals surface area contributed by atoms with Gasteiger partial charge in [-0.3, -0.25) is 4.79 Å². The average Bonchev–Trinajstić information content (AvgIpc) is 2.83. The highest BCUT2D eigenvalue weighted by Gasteiger charge is 2.26. The van der Waals surface area contributed by atoms with Gasteiger partial charge in [-0.25, -0.2) is 0 Å². The Balaban J connectivity index is 2.16. The monoisotopic (exact) mass is 196 g/mol. The van der Waals surface area contributed by atoms with Crippen molar-refractivity contribution < 1.29 is 9.90 Å². The minimum absolute atomic E-state index is 0.350. The van der Waals surface area contributed by atoms with Crippen molar-refractivity contribution in [3.8, 4) is 0 Å². The second-order valence-electron chi connectivity index (χ2n) is 3.57. The topological polar surface area (TPSA) is 37.3 Å². The molecule has 1 unspecified atom stereocenters. The molecule has 0 radical (unpaired) electrons. The van der Waals surface area contributed by atoms with Crippen LogP contribution in [0.4, 0.5) is 0 Å². The summed E-state index contributed by atoms with van der Waals surface area (Å²) in [4.78, 5) is 13.0. The standard InChI is InChI=1S/C10H12O2S/c1-6(10(11)12)8-4-5-9(13-8)7-2-3-7/h4-7H,2-3H2,1H3,(H,11,12). The first-order valence-electron chi connectivity index (χ1n) is 4.51. The van der Waals surface area contributed by atoms with E-state index in [9.17, 15) is 4.79 Å². The first kappa shape index (κ1) is 8.75. The van der Waals surface area contributed by atoms with Gasteiger partial charge in [-0.1, -0.05) is 0 Å². The van der Waals surface area contributed by atoms with E-state index in [2.05, 4.69) is 6.07 Å². The van der Waals surface area contributed by atoms with Crippen LogP contribution in [0.2, 0.25) is 0 Å². The zero-order valence-corrected chi connectivity index (χ0v) is 8.30. The van der Waals surface area contributed by atoms with Crippen LogP contribution in [-0.4, -0.2) is 11.1 Å². The van der Waals surface area contributed by atoms with Crippen LogP contribution in [0.15, 0.2) is 12.1 Å². The Morgan fingerprint density at radius 1 is 1.62 bits per heavy atom. The highest BCUT2D eigenvalue weighted by atomic mass is 32.1. The summed E-state index contributed by atoms with van der Waals surface area (Å²) in [5, 5.41) is 8.81. The Morgan fingerprint density at radius 3 is 2.85 bits per heavy atom. The van der Waals surface area contributed by atoms with Crippen LogP contribution in [0.3, 0.4) is 0 Å². The van der Waals surface area contributed by atoms with Crippen molar-refractivity contribution in [1.29, 1.82) is 0 Å². The number of hydrogen-bond donors (Lipinski definition) is 1. The van der Waals surface area contributed by atoms with Gasteiger partial charge >= 0.3 is 5.97 Å². The van der Waals surface area contributed by atoms with Crippen LogP contribution < -0.4 is 0 Å². The smallest absolute Gasteiger partial charge is 0.311 e. The van der Waals surface area contributed by atoms with E-state index < -0.39 is 5.97 Å². The van der Waals surface area contributed by atoms with Crippen molar-refractivity contribution in [2.45, 2.75) is 31.6 Å². The maximum Gasteiger partial charge on any atom is 0.311 e. The molecule has 0 bridgehead atoms. The fraction of sp³-hybridized carbons (Fsp3) is 0.500. The molecule has 0 amide bonds. The van der Waals surface area contributed by atoms with Crippen molar-refractivity contribution in [3.63, 3.8) is 0 Å². The van der Waals surface area contributed by atoms with Crippen LogP contribution in [0.25, 0.3) is 0 Å². The van der Waals surface area contributed by atoms with Gasteiger partial charge < -0.3 is 5.11 Å². The summed E-state index contributed by atoms with van der Waals surface area (Å²) in [6, 6.07) is 4.04. The lowest BCUT2D eigenvalue weighted by molar-refractivity contribution is -0.138. The van der Waals surface area contributed by atoms with Gasteiger partial charge in [0.15, 0.2) is 0 Å². The fourth-order valence-corrected chi connectivity index (χ4v) is 2.53. The first-order valence-corrected chi connectivity index (χ1v) is 5.32. The molecule has 0 saturated heterocycles. The van der Waals surface area contributed by atoms with E-state index in [1.54, 1.807) is 18.3 Å². The van der Waals surface area contributed by atoms with E-state index in [1.807, 2.05) is 6.07 Å². The molecule has 1 fully saturated rings. The molecule has 1 N–H and O–H groups in total. The second kappa shape index (κ2) is 3.14. The molecule has 1 aliphatic rings. The lowest BCUT2D eigenvalue weighted by atomic mass is 10.1. The molecule has 0 aromatic carbocycles. The third-order valence-corrected chi connectivity index (χ3v) is 3.85. The zero-order valence-electron chi connectivity index (χ0n) is 7.49. The Labute approximate surface area is 81.2 Å². The number of rotatable bonds is 3. The van der Waals surface area contributed by atoms with Gasteiger partial charge in [-0.2, -0.15) is 0 Å². The first-order chi connectivity index (χ1) is 6.18. The average molecular weight is 196 g/mol. The molecule has 1 atom stereocenters. The Bertz CT molecular complexity index is 325. The molecule has 1 aromatic heterocycles. The predicted molar refractivity (Wildman–Crippen MR) is 52.3 cm³/mol. The molecule has 0 aliphatic heterocycles. The highest BCUT2D eigenvalue weighted by molar-refractivity contribution is 7.12. The number of thiophene rings is 1. The van der Waals surface area contributed by atoms with Gasteiger partial charge in [0.25, 0.3) is 0 Å². The van der Waals surface area contributed by atoms with E-state index in [-0.39, 0.29) is 5.92 Å². The summed E-state index contributed by atoms with van der Waals surface area (Å²) < 4.78 is 0. The number of aliphatic carboxylic acids is 1. The van der Waals surface area contributed by atoms with Crippen molar-refractivity contribution in [1.82, 2.24) is 0 Å². The quantitative estimate of drug-likeness (QED) is 0.807. The summed E-state index contributed by atoms with van der Waals surface area (Å²) in [5.74, 6) is -0.346. The lowest BCUT2D eigenvalue weighted by Gasteiger charge is -2.00. The van der Waals surface area contributed by atoms with Gasteiger partial charge in [0, 0.05) is 9.75 Å². The lowest BCUT2D eigenvalue weighted by Crippen LogP contribution is -2.04. The third kappa shape index (κ3) is 1.75. The van der Waals surface area contributed by atoms with Crippen LogP contribution in [0, 0.1) is 0 Å². The van der Waals surface area contributed by atoms with Crippen LogP contribution in [0.5, 0.6) is 0 Å². The van der Waals surface area contributed by atoms with Crippen LogP contribution in [-0.2, 0) is 4.79 Å². The number of carboxylic acid groups (broad SMARTS) is 1. The van der Waals surface area contributed by atoms with Crippen LogP contribution in [0.1, 0.15) is 41.4 Å². The minimum atomic E-state index is -0.732. The summed E-state index contributed by atoms with van der Waals surface area (Å²) in [6.45, 7) is 1.74. The number of carboxylic acids is 1. The van der Waals surface area contributed by atoms with E-state index in [1.165, 1.54) is 17.7 Å². The zero-order chi connectivity index (χ0) is 9.42. The second-order valence-corrected chi connectivity index (χ2v) is 4.72. The molecule has 13 heavy (non-hydrogen) atoms. The largest absolute Gasteiger partial charge is 0.481 e. The molecule has 1 aliphatic carbocycles. The molecule has 1 aromatic rings. The van der Waals surface area contributed by atoms with Crippen molar-refractivity contribution in [3.05, 3.63) is 21.9 Å². The van der Waals surface area contributed by atoms with Gasteiger partial charge in [0.1, 0.15) is 0 Å². The summed E-state index contributed by atoms with van der Waals surface area (Å²) in [7, 11) is 0. The molecule has 2 nitrogen and oxygen atoms in total. The van der Waals surface area contributed by atoms with Gasteiger partial charge in [0.2, 0.25) is 0 Å². The van der Waals surface area contributed by atoms with E-state index in [0.29, 0.717) is 0 Å². The fourth-order valence-electron chi connectivity index (χ4n) is 1.31. The van der Waals surface area contributed by atoms with E-state index in [0.717, 1.165) is 10.8 Å². The maximum atomic E-state index is 10.7. The summed E-state index contributed by atoms with van der Waals surface area (Å²) >= 11 is 1.66. The molecule has 0 spiro atoms. The molecule has 2 rings (SSSR count). The SMILES string of the molecule is CC(C(=O)O)c1ccc(C2CC2)s1. The molecule has 3 heteroatoms. The van der Waals surface area contributed by atoms with Crippen molar-refractivity contribution in [2.24, 2.45) is 0 Å². The van der Waals surface area contributed by atoms with Gasteiger partial charge in [0.05, 0.1) is 5.92 Å². The molecular weight excluding hydrogens is 184 g/mol. The van der Waals surface area contributed by atoms with Crippen LogP contribution >= 0.6 is 11.3 Å². The molecule has 1 saturated carbocycles. The molecule has 1 heterocycles. The van der Waals surface area contributed by atoms with Crippen molar-refractivity contribution in [2.75, 3.05) is 0 Å². The summed E-state index contributed by atoms with van der Waals surface area (Å²) in [6.07, 6.45) is 2.56. The molecular formula is C10H12O2S. The van der Waals surface area contributed by atoms with Gasteiger partial charge in [-0.15, -0.1) is 11.3 Å². The van der Waals surface area contributed by atoms with Crippen molar-refractivity contribution >= 4 is 17.3 Å². The third-order valence-electron chi connectivity index (χ3n) is 2.42. The van der Waals surface area contributed by atoms with E-state index in [4.69, 9.17) is 5.11 Å². The van der Waals surface area contributed by atoms with E-state index >= 15 is 0 Å². The Kier molecular flexibility index (Phi) is 2.12. The maximum absolute atomic E-state index is 10.7. The number of carbonyl (C=O) groups is 1. The summed E-state index contributed by atoms with van der Waals surface area (Å²) in [5.41, 5.74) is 0. The number of hydrogen-bond acceptors (Lipinski definition) is 2. The predicted octanol–water partition coefficient (Wildman–Crippen LogP) is 2.81. The Hall–Kier alpha value is -0.830.